The lowest BCUT2D eigenvalue weighted by atomic mass is 10.3. The highest BCUT2D eigenvalue weighted by Gasteiger charge is 2.11. The average molecular weight is 329 g/mol. The van der Waals surface area contributed by atoms with Gasteiger partial charge in [0.05, 0.1) is 13.7 Å². The van der Waals surface area contributed by atoms with Crippen molar-refractivity contribution >= 4 is 41.4 Å². The number of rotatable bonds is 4. The molecule has 0 fully saturated rings. The van der Waals surface area contributed by atoms with Crippen LogP contribution < -0.4 is 11.1 Å². The number of hydrogen-bond acceptors (Lipinski definition) is 7. The van der Waals surface area contributed by atoms with Crippen molar-refractivity contribution in [1.29, 1.82) is 0 Å². The van der Waals surface area contributed by atoms with E-state index in [2.05, 4.69) is 20.0 Å². The summed E-state index contributed by atoms with van der Waals surface area (Å²) in [7, 11) is 1.32. The van der Waals surface area contributed by atoms with Crippen LogP contribution in [-0.4, -0.2) is 29.0 Å². The van der Waals surface area contributed by atoms with Crippen molar-refractivity contribution in [2.75, 3.05) is 12.8 Å². The van der Waals surface area contributed by atoms with Crippen LogP contribution in [0.5, 0.6) is 0 Å². The lowest BCUT2D eigenvalue weighted by molar-refractivity contribution is 0.0606. The molecular weight excluding hydrogens is 316 g/mol. The van der Waals surface area contributed by atoms with E-state index in [1.807, 2.05) is 0 Å². The van der Waals surface area contributed by atoms with E-state index < -0.39 is 5.97 Å². The van der Waals surface area contributed by atoms with Gasteiger partial charge in [0.15, 0.2) is 0 Å². The number of halogens is 1. The van der Waals surface area contributed by atoms with Crippen molar-refractivity contribution in [1.82, 2.24) is 15.3 Å². The van der Waals surface area contributed by atoms with Crippen LogP contribution in [0.25, 0.3) is 0 Å². The molecule has 0 aliphatic carbocycles. The Labute approximate surface area is 131 Å². The van der Waals surface area contributed by atoms with Crippen LogP contribution in [0.15, 0.2) is 24.5 Å². The van der Waals surface area contributed by atoms with E-state index in [0.717, 1.165) is 4.88 Å². The molecule has 1 amide bonds. The van der Waals surface area contributed by atoms with E-state index in [9.17, 15) is 9.59 Å². The summed E-state index contributed by atoms with van der Waals surface area (Å²) >= 11 is 1.26. The van der Waals surface area contributed by atoms with Gasteiger partial charge in [-0.05, 0) is 12.1 Å². The van der Waals surface area contributed by atoms with Gasteiger partial charge in [-0.25, -0.2) is 14.8 Å². The van der Waals surface area contributed by atoms with Crippen LogP contribution >= 0.6 is 23.7 Å². The Hall–Kier alpha value is -2.19. The summed E-state index contributed by atoms with van der Waals surface area (Å²) in [5, 5.41) is 2.69. The summed E-state index contributed by atoms with van der Waals surface area (Å²) in [6.07, 6.45) is 1.23. The Morgan fingerprint density at radius 2 is 2.14 bits per heavy atom. The minimum Gasteiger partial charge on any atom is -0.465 e. The van der Waals surface area contributed by atoms with Crippen molar-refractivity contribution in [2.24, 2.45) is 0 Å². The number of nitrogens with one attached hydrogen (secondary N) is 1. The molecule has 2 rings (SSSR count). The predicted molar refractivity (Wildman–Crippen MR) is 80.5 cm³/mol. The van der Waals surface area contributed by atoms with Crippen LogP contribution in [0.4, 0.5) is 5.82 Å². The topological polar surface area (TPSA) is 107 Å². The lowest BCUT2D eigenvalue weighted by Gasteiger charge is -2.03. The number of amides is 1. The first-order valence-corrected chi connectivity index (χ1v) is 6.44. The number of carbonyl (C=O) groups excluding carboxylic acids is 2. The number of esters is 1. The number of thiophene rings is 1. The lowest BCUT2D eigenvalue weighted by Crippen LogP contribution is -2.23. The van der Waals surface area contributed by atoms with Crippen LogP contribution in [0.1, 0.15) is 25.0 Å². The molecule has 0 saturated carbocycles. The molecule has 9 heteroatoms. The number of nitrogens with two attached hydrogens (primary N) is 1. The van der Waals surface area contributed by atoms with Crippen molar-refractivity contribution in [2.45, 2.75) is 6.54 Å². The Morgan fingerprint density at radius 3 is 2.81 bits per heavy atom. The molecule has 7 nitrogen and oxygen atoms in total. The minimum atomic E-state index is -0.392. The van der Waals surface area contributed by atoms with E-state index in [0.29, 0.717) is 11.4 Å². The highest BCUT2D eigenvalue weighted by molar-refractivity contribution is 7.13. The Balaban J connectivity index is 0.00000220. The van der Waals surface area contributed by atoms with Crippen LogP contribution in [0.3, 0.4) is 0 Å². The molecule has 2 aromatic rings. The Bertz CT molecular complexity index is 647. The van der Waals surface area contributed by atoms with Gasteiger partial charge in [-0.15, -0.1) is 23.7 Å². The number of hydrogen-bond donors (Lipinski definition) is 2. The van der Waals surface area contributed by atoms with Crippen molar-refractivity contribution in [3.8, 4) is 0 Å². The van der Waals surface area contributed by atoms with Crippen molar-refractivity contribution < 1.29 is 14.3 Å². The molecule has 21 heavy (non-hydrogen) atoms. The number of nitrogens with zero attached hydrogens (tertiary/aromatic N) is 2. The predicted octanol–water partition coefficient (Wildman–Crippen LogP) is 1.26. The fourth-order valence-electron chi connectivity index (χ4n) is 1.44. The van der Waals surface area contributed by atoms with E-state index >= 15 is 0 Å². The van der Waals surface area contributed by atoms with Gasteiger partial charge >= 0.3 is 5.97 Å². The van der Waals surface area contributed by atoms with Gasteiger partial charge in [0.1, 0.15) is 22.7 Å². The molecule has 0 aromatic carbocycles. The zero-order valence-electron chi connectivity index (χ0n) is 11.0. The molecule has 0 saturated heterocycles. The third-order valence-corrected chi connectivity index (χ3v) is 3.46. The van der Waals surface area contributed by atoms with Gasteiger partial charge in [0, 0.05) is 10.9 Å². The molecule has 0 bridgehead atoms. The molecule has 112 valence electrons. The third-order valence-electron chi connectivity index (χ3n) is 2.39. The van der Waals surface area contributed by atoms with Gasteiger partial charge in [0.2, 0.25) is 0 Å². The van der Waals surface area contributed by atoms with Gasteiger partial charge in [-0.1, -0.05) is 0 Å². The number of ether oxygens (including phenoxy) is 1. The number of methoxy groups -OCH3 is 1. The van der Waals surface area contributed by atoms with E-state index in [4.69, 9.17) is 5.73 Å². The smallest absolute Gasteiger partial charge is 0.348 e. The van der Waals surface area contributed by atoms with Crippen LogP contribution in [-0.2, 0) is 11.3 Å². The number of anilines is 1. The maximum Gasteiger partial charge on any atom is 0.348 e. The second-order valence-corrected chi connectivity index (χ2v) is 4.94. The summed E-state index contributed by atoms with van der Waals surface area (Å²) in [6, 6.07) is 4.80. The van der Waals surface area contributed by atoms with Crippen molar-refractivity contribution in [3.05, 3.63) is 40.0 Å². The molecule has 0 spiro atoms. The van der Waals surface area contributed by atoms with E-state index in [-0.39, 0.29) is 29.8 Å². The highest BCUT2D eigenvalue weighted by Crippen LogP contribution is 2.17. The molecule has 3 N–H and O–H groups in total. The fraction of sp³-hybridized carbons (Fsp3) is 0.167. The normalized spacial score (nSPS) is 9.57. The summed E-state index contributed by atoms with van der Waals surface area (Å²) in [6.45, 7) is 0.296. The summed E-state index contributed by atoms with van der Waals surface area (Å²) in [5.74, 6) is -0.516. The second kappa shape index (κ2) is 7.55. The molecule has 2 heterocycles. The SMILES string of the molecule is COC(=O)c1ccc(CNC(=O)c2cc(N)ncn2)s1.Cl. The monoisotopic (exact) mass is 328 g/mol. The maximum atomic E-state index is 11.8. The molecule has 0 unspecified atom stereocenters. The largest absolute Gasteiger partial charge is 0.465 e. The number of carbonyl (C=O) groups is 2. The molecular formula is C12H13ClN4O3S. The third kappa shape index (κ3) is 4.40. The van der Waals surface area contributed by atoms with E-state index in [1.54, 1.807) is 12.1 Å². The number of nitrogen functional groups attached to an aromatic ring is 1. The molecule has 0 atom stereocenters. The van der Waals surface area contributed by atoms with Crippen LogP contribution in [0, 0.1) is 0 Å². The van der Waals surface area contributed by atoms with Gasteiger partial charge in [-0.3, -0.25) is 4.79 Å². The zero-order chi connectivity index (χ0) is 14.5. The first-order valence-electron chi connectivity index (χ1n) is 5.63. The van der Waals surface area contributed by atoms with Gasteiger partial charge < -0.3 is 15.8 Å². The zero-order valence-corrected chi connectivity index (χ0v) is 12.7. The molecule has 0 aliphatic heterocycles. The Kier molecular flexibility index (Phi) is 6.07. The quantitative estimate of drug-likeness (QED) is 0.818. The Morgan fingerprint density at radius 1 is 1.38 bits per heavy atom. The summed E-state index contributed by atoms with van der Waals surface area (Å²) in [4.78, 5) is 32.0. The molecule has 2 aromatic heterocycles. The summed E-state index contributed by atoms with van der Waals surface area (Å²) < 4.78 is 4.61. The fourth-order valence-corrected chi connectivity index (χ4v) is 2.30. The van der Waals surface area contributed by atoms with Crippen molar-refractivity contribution in [3.63, 3.8) is 0 Å². The number of aromatic nitrogens is 2. The van der Waals surface area contributed by atoms with Gasteiger partial charge in [0.25, 0.3) is 5.91 Å². The first kappa shape index (κ1) is 16.9. The first-order chi connectivity index (χ1) is 9.60. The highest BCUT2D eigenvalue weighted by atomic mass is 35.5. The standard InChI is InChI=1S/C12H12N4O3S.ClH/c1-19-12(18)9-3-2-7(20-9)5-14-11(17)8-4-10(13)16-6-15-8;/h2-4,6H,5H2,1H3,(H,14,17)(H2,13,15,16);1H. The van der Waals surface area contributed by atoms with Crippen LogP contribution in [0.2, 0.25) is 0 Å². The summed E-state index contributed by atoms with van der Waals surface area (Å²) in [5.41, 5.74) is 5.67. The second-order valence-electron chi connectivity index (χ2n) is 3.77. The average Bonchev–Trinajstić information content (AvgIpc) is 2.92. The van der Waals surface area contributed by atoms with Gasteiger partial charge in [-0.2, -0.15) is 0 Å². The molecule has 0 aliphatic rings. The maximum absolute atomic E-state index is 11.8. The van der Waals surface area contributed by atoms with E-state index in [1.165, 1.54) is 30.8 Å². The molecule has 0 radical (unpaired) electrons. The minimum absolute atomic E-state index is 0.